The molecule has 0 atom stereocenters. The van der Waals surface area contributed by atoms with Crippen LogP contribution in [0.2, 0.25) is 0 Å². The average Bonchev–Trinajstić information content (AvgIpc) is 3.05. The summed E-state index contributed by atoms with van der Waals surface area (Å²) in [5, 5.41) is 2.88. The fraction of sp³-hybridized carbons (Fsp3) is 0.579. The summed E-state index contributed by atoms with van der Waals surface area (Å²) in [7, 11) is 1.31. The Morgan fingerprint density at radius 2 is 1.92 bits per heavy atom. The minimum Gasteiger partial charge on any atom is -0.490 e. The summed E-state index contributed by atoms with van der Waals surface area (Å²) >= 11 is 0. The summed E-state index contributed by atoms with van der Waals surface area (Å²) in [5.74, 6) is -0.243. The van der Waals surface area contributed by atoms with Crippen molar-refractivity contribution in [2.45, 2.75) is 58.2 Å². The summed E-state index contributed by atoms with van der Waals surface area (Å²) in [5.41, 5.74) is 0.0335. The van der Waals surface area contributed by atoms with Gasteiger partial charge in [0.15, 0.2) is 0 Å². The Bertz CT molecular complexity index is 620. The number of anilines is 1. The van der Waals surface area contributed by atoms with Crippen LogP contribution in [0.25, 0.3) is 0 Å². The normalized spacial score (nSPS) is 15.9. The van der Waals surface area contributed by atoms with Crippen LogP contribution in [-0.2, 0) is 14.3 Å². The van der Waals surface area contributed by atoms with E-state index >= 15 is 0 Å². The van der Waals surface area contributed by atoms with Gasteiger partial charge in [-0.2, -0.15) is 0 Å². The zero-order chi connectivity index (χ0) is 18.4. The topological polar surface area (TPSA) is 73.9 Å². The average molecular weight is 349 g/mol. The number of methoxy groups -OCH3 is 1. The molecule has 6 heteroatoms. The van der Waals surface area contributed by atoms with Crippen LogP contribution in [0.3, 0.4) is 0 Å². The summed E-state index contributed by atoms with van der Waals surface area (Å²) < 4.78 is 16.2. The van der Waals surface area contributed by atoms with Gasteiger partial charge in [-0.15, -0.1) is 0 Å². The monoisotopic (exact) mass is 349 g/mol. The lowest BCUT2D eigenvalue weighted by atomic mass is 10.0. The molecule has 1 aromatic rings. The van der Waals surface area contributed by atoms with Gasteiger partial charge in [0.25, 0.3) is 5.91 Å². The first kappa shape index (κ1) is 19.2. The van der Waals surface area contributed by atoms with E-state index in [9.17, 15) is 9.59 Å². The van der Waals surface area contributed by atoms with Gasteiger partial charge in [-0.1, -0.05) is 0 Å². The van der Waals surface area contributed by atoms with E-state index in [0.29, 0.717) is 30.9 Å². The highest BCUT2D eigenvalue weighted by molar-refractivity contribution is 5.99. The predicted molar refractivity (Wildman–Crippen MR) is 95.0 cm³/mol. The van der Waals surface area contributed by atoms with Crippen molar-refractivity contribution in [3.05, 3.63) is 23.8 Å². The minimum absolute atomic E-state index is 0.0800. The maximum Gasteiger partial charge on any atom is 0.341 e. The number of esters is 1. The third-order valence-electron chi connectivity index (χ3n) is 4.25. The lowest BCUT2D eigenvalue weighted by Gasteiger charge is -2.27. The quantitative estimate of drug-likeness (QED) is 0.762. The Hall–Kier alpha value is -2.08. The Balaban J connectivity index is 2.24. The van der Waals surface area contributed by atoms with E-state index in [2.05, 4.69) is 5.32 Å². The van der Waals surface area contributed by atoms with Gasteiger partial charge < -0.3 is 19.5 Å². The maximum absolute atomic E-state index is 12.8. The van der Waals surface area contributed by atoms with E-state index in [-0.39, 0.29) is 17.6 Å². The highest BCUT2D eigenvalue weighted by Gasteiger charge is 2.42. The van der Waals surface area contributed by atoms with Crippen LogP contribution in [0, 0.1) is 0 Å². The number of carbonyl (C=O) groups is 2. The first-order valence-electron chi connectivity index (χ1n) is 8.76. The van der Waals surface area contributed by atoms with Gasteiger partial charge in [-0.3, -0.25) is 4.79 Å². The van der Waals surface area contributed by atoms with Crippen molar-refractivity contribution in [1.82, 2.24) is 0 Å². The van der Waals surface area contributed by atoms with Crippen LogP contribution in [0.15, 0.2) is 18.2 Å². The maximum atomic E-state index is 12.8. The van der Waals surface area contributed by atoms with E-state index in [1.54, 1.807) is 18.2 Å². The highest BCUT2D eigenvalue weighted by atomic mass is 16.5. The molecule has 1 amide bonds. The van der Waals surface area contributed by atoms with Gasteiger partial charge in [0, 0.05) is 12.3 Å². The molecule has 0 saturated heterocycles. The Morgan fingerprint density at radius 3 is 2.48 bits per heavy atom. The van der Waals surface area contributed by atoms with E-state index in [4.69, 9.17) is 14.2 Å². The molecule has 138 valence electrons. The number of hydrogen-bond acceptors (Lipinski definition) is 5. The van der Waals surface area contributed by atoms with Crippen LogP contribution in [0.1, 0.15) is 56.8 Å². The third kappa shape index (κ3) is 4.51. The summed E-state index contributed by atoms with van der Waals surface area (Å²) in [6, 6.07) is 4.97. The molecule has 25 heavy (non-hydrogen) atoms. The first-order chi connectivity index (χ1) is 11.9. The SMILES string of the molecule is CCOC1(C(=O)Nc2ccc(OC(C)C)c(C(=O)OC)c2)CCCC1. The van der Waals surface area contributed by atoms with Gasteiger partial charge in [-0.25, -0.2) is 4.79 Å². The fourth-order valence-corrected chi connectivity index (χ4v) is 3.14. The van der Waals surface area contributed by atoms with Crippen LogP contribution in [0.5, 0.6) is 5.75 Å². The van der Waals surface area contributed by atoms with E-state index in [0.717, 1.165) is 12.8 Å². The first-order valence-corrected chi connectivity index (χ1v) is 8.76. The predicted octanol–water partition coefficient (Wildman–Crippen LogP) is 3.55. The summed E-state index contributed by atoms with van der Waals surface area (Å²) in [6.07, 6.45) is 3.30. The summed E-state index contributed by atoms with van der Waals surface area (Å²) in [4.78, 5) is 24.8. The standard InChI is InChI=1S/C19H27NO5/c1-5-24-19(10-6-7-11-19)18(22)20-14-8-9-16(25-13(2)3)15(12-14)17(21)23-4/h8-9,12-13H,5-7,10-11H2,1-4H3,(H,20,22). The Morgan fingerprint density at radius 1 is 1.24 bits per heavy atom. The van der Waals surface area contributed by atoms with E-state index < -0.39 is 11.6 Å². The molecule has 0 unspecified atom stereocenters. The van der Waals surface area contributed by atoms with Gasteiger partial charge >= 0.3 is 5.97 Å². The van der Waals surface area contributed by atoms with Crippen molar-refractivity contribution >= 4 is 17.6 Å². The van der Waals surface area contributed by atoms with Crippen molar-refractivity contribution < 1.29 is 23.8 Å². The molecule has 1 aliphatic carbocycles. The Labute approximate surface area is 148 Å². The molecule has 1 aromatic carbocycles. The molecule has 0 radical (unpaired) electrons. The number of rotatable bonds is 7. The second-order valence-electron chi connectivity index (χ2n) is 6.46. The second kappa shape index (κ2) is 8.34. The summed E-state index contributed by atoms with van der Waals surface area (Å²) in [6.45, 7) is 6.13. The van der Waals surface area contributed by atoms with Crippen LogP contribution in [-0.4, -0.2) is 37.3 Å². The number of carbonyl (C=O) groups excluding carboxylic acids is 2. The highest BCUT2D eigenvalue weighted by Crippen LogP contribution is 2.35. The number of ether oxygens (including phenoxy) is 3. The zero-order valence-corrected chi connectivity index (χ0v) is 15.4. The van der Waals surface area contributed by atoms with Gasteiger partial charge in [-0.05, 0) is 64.7 Å². The van der Waals surface area contributed by atoms with Crippen LogP contribution < -0.4 is 10.1 Å². The number of amides is 1. The molecule has 0 heterocycles. The van der Waals surface area contributed by atoms with Crippen molar-refractivity contribution in [2.75, 3.05) is 19.0 Å². The minimum atomic E-state index is -0.771. The lowest BCUT2D eigenvalue weighted by Crippen LogP contribution is -2.43. The molecule has 1 aliphatic rings. The molecule has 2 rings (SSSR count). The Kier molecular flexibility index (Phi) is 6.42. The molecular weight excluding hydrogens is 322 g/mol. The second-order valence-corrected chi connectivity index (χ2v) is 6.46. The molecule has 1 saturated carbocycles. The van der Waals surface area contributed by atoms with Gasteiger partial charge in [0.2, 0.25) is 0 Å². The van der Waals surface area contributed by atoms with E-state index in [1.807, 2.05) is 20.8 Å². The number of hydrogen-bond donors (Lipinski definition) is 1. The van der Waals surface area contributed by atoms with Crippen LogP contribution >= 0.6 is 0 Å². The van der Waals surface area contributed by atoms with E-state index in [1.165, 1.54) is 7.11 Å². The number of benzene rings is 1. The molecule has 1 fully saturated rings. The molecular formula is C19H27NO5. The molecule has 6 nitrogen and oxygen atoms in total. The molecule has 0 aromatic heterocycles. The lowest BCUT2D eigenvalue weighted by molar-refractivity contribution is -0.140. The molecule has 1 N–H and O–H groups in total. The van der Waals surface area contributed by atoms with Crippen molar-refractivity contribution in [2.24, 2.45) is 0 Å². The van der Waals surface area contributed by atoms with Crippen LogP contribution in [0.4, 0.5) is 5.69 Å². The fourth-order valence-electron chi connectivity index (χ4n) is 3.14. The molecule has 0 bridgehead atoms. The third-order valence-corrected chi connectivity index (χ3v) is 4.25. The van der Waals surface area contributed by atoms with Gasteiger partial charge in [0.05, 0.1) is 13.2 Å². The molecule has 0 spiro atoms. The molecule has 0 aliphatic heterocycles. The van der Waals surface area contributed by atoms with Crippen molar-refractivity contribution in [1.29, 1.82) is 0 Å². The van der Waals surface area contributed by atoms with Gasteiger partial charge in [0.1, 0.15) is 16.9 Å². The smallest absolute Gasteiger partial charge is 0.341 e. The number of nitrogens with one attached hydrogen (secondary N) is 1. The zero-order valence-electron chi connectivity index (χ0n) is 15.4. The van der Waals surface area contributed by atoms with Crippen molar-refractivity contribution in [3.63, 3.8) is 0 Å². The largest absolute Gasteiger partial charge is 0.490 e. The van der Waals surface area contributed by atoms with Crippen molar-refractivity contribution in [3.8, 4) is 5.75 Å².